The molecular formula is C15H21IO. The Morgan fingerprint density at radius 2 is 1.82 bits per heavy atom. The van der Waals surface area contributed by atoms with Crippen LogP contribution in [0, 0.1) is 3.57 Å². The van der Waals surface area contributed by atoms with Crippen LogP contribution in [-0.4, -0.2) is 5.11 Å². The zero-order valence-corrected chi connectivity index (χ0v) is 12.8. The van der Waals surface area contributed by atoms with Crippen molar-refractivity contribution in [3.63, 3.8) is 0 Å². The van der Waals surface area contributed by atoms with Gasteiger partial charge in [-0.25, -0.2) is 0 Å². The molecule has 0 bridgehead atoms. The third-order valence-corrected chi connectivity index (χ3v) is 4.64. The molecule has 1 aromatic carbocycles. The molecule has 17 heavy (non-hydrogen) atoms. The van der Waals surface area contributed by atoms with Crippen LogP contribution in [0.15, 0.2) is 12.1 Å². The van der Waals surface area contributed by atoms with Gasteiger partial charge in [-0.3, -0.25) is 0 Å². The van der Waals surface area contributed by atoms with Gasteiger partial charge in [0, 0.05) is 0 Å². The van der Waals surface area contributed by atoms with Crippen LogP contribution < -0.4 is 0 Å². The number of hydrogen-bond acceptors (Lipinski definition) is 1. The summed E-state index contributed by atoms with van der Waals surface area (Å²) in [7, 11) is 0. The average Bonchev–Trinajstić information content (AvgIpc) is 2.33. The van der Waals surface area contributed by atoms with E-state index in [0.29, 0.717) is 11.7 Å². The van der Waals surface area contributed by atoms with Gasteiger partial charge in [0.15, 0.2) is 0 Å². The molecule has 2 rings (SSSR count). The number of aromatic hydroxyl groups is 1. The Labute approximate surface area is 118 Å². The van der Waals surface area contributed by atoms with Gasteiger partial charge in [0.05, 0.1) is 3.57 Å². The second-order valence-corrected chi connectivity index (χ2v) is 6.59. The highest BCUT2D eigenvalue weighted by Gasteiger charge is 2.19. The monoisotopic (exact) mass is 344 g/mol. The lowest BCUT2D eigenvalue weighted by Crippen LogP contribution is -2.06. The Balaban J connectivity index is 2.34. The number of hydrogen-bond donors (Lipinski definition) is 1. The van der Waals surface area contributed by atoms with Crippen molar-refractivity contribution < 1.29 is 5.11 Å². The van der Waals surface area contributed by atoms with Crippen LogP contribution >= 0.6 is 22.6 Å². The van der Waals surface area contributed by atoms with E-state index in [0.717, 1.165) is 15.1 Å². The third kappa shape index (κ3) is 2.95. The van der Waals surface area contributed by atoms with Crippen LogP contribution in [0.1, 0.15) is 68.9 Å². The lowest BCUT2D eigenvalue weighted by atomic mass is 9.83. The van der Waals surface area contributed by atoms with Gasteiger partial charge in [-0.2, -0.15) is 0 Å². The van der Waals surface area contributed by atoms with Gasteiger partial charge in [0.25, 0.3) is 0 Å². The van der Waals surface area contributed by atoms with Crippen LogP contribution in [0.25, 0.3) is 0 Å². The standard InChI is InChI=1S/C15H21IO/c1-10(2)13-8-12(9-14(16)15(13)17)11-6-4-3-5-7-11/h8-11,17H,3-7H2,1-2H3. The van der Waals surface area contributed by atoms with Gasteiger partial charge >= 0.3 is 0 Å². The summed E-state index contributed by atoms with van der Waals surface area (Å²) in [5.74, 6) is 1.60. The van der Waals surface area contributed by atoms with Crippen molar-refractivity contribution in [1.82, 2.24) is 0 Å². The molecule has 0 aliphatic heterocycles. The summed E-state index contributed by atoms with van der Waals surface area (Å²) in [4.78, 5) is 0. The fourth-order valence-electron chi connectivity index (χ4n) is 2.75. The summed E-state index contributed by atoms with van der Waals surface area (Å²) in [6.07, 6.45) is 6.75. The third-order valence-electron chi connectivity index (χ3n) is 3.81. The lowest BCUT2D eigenvalue weighted by Gasteiger charge is -2.23. The maximum atomic E-state index is 10.1. The van der Waals surface area contributed by atoms with Crippen LogP contribution in [0.3, 0.4) is 0 Å². The Hall–Kier alpha value is -0.250. The summed E-state index contributed by atoms with van der Waals surface area (Å²) < 4.78 is 1.01. The van der Waals surface area contributed by atoms with Gasteiger partial charge in [-0.1, -0.05) is 39.2 Å². The highest BCUT2D eigenvalue weighted by molar-refractivity contribution is 14.1. The molecule has 1 aliphatic carbocycles. The highest BCUT2D eigenvalue weighted by Crippen LogP contribution is 2.38. The maximum Gasteiger partial charge on any atom is 0.132 e. The van der Waals surface area contributed by atoms with Crippen molar-refractivity contribution >= 4 is 22.6 Å². The van der Waals surface area contributed by atoms with E-state index in [1.807, 2.05) is 0 Å². The smallest absolute Gasteiger partial charge is 0.132 e. The molecule has 1 N–H and O–H groups in total. The fourth-order valence-corrected chi connectivity index (χ4v) is 3.42. The Morgan fingerprint density at radius 1 is 1.18 bits per heavy atom. The number of phenolic OH excluding ortho intramolecular Hbond substituents is 1. The second kappa shape index (κ2) is 5.59. The molecule has 1 saturated carbocycles. The molecule has 94 valence electrons. The molecule has 1 fully saturated rings. The SMILES string of the molecule is CC(C)c1cc(C2CCCCC2)cc(I)c1O. The van der Waals surface area contributed by atoms with Crippen LogP contribution in [0.5, 0.6) is 5.75 Å². The molecule has 0 heterocycles. The minimum Gasteiger partial charge on any atom is -0.507 e. The van der Waals surface area contributed by atoms with E-state index in [9.17, 15) is 5.11 Å². The first-order chi connectivity index (χ1) is 8.09. The quantitative estimate of drug-likeness (QED) is 0.734. The summed E-state index contributed by atoms with van der Waals surface area (Å²) in [5, 5.41) is 10.1. The zero-order valence-electron chi connectivity index (χ0n) is 10.7. The minimum atomic E-state index is 0.395. The predicted molar refractivity (Wildman–Crippen MR) is 80.7 cm³/mol. The molecule has 1 aromatic rings. The van der Waals surface area contributed by atoms with Crippen molar-refractivity contribution in [3.8, 4) is 5.75 Å². The molecule has 0 unspecified atom stereocenters. The normalized spacial score (nSPS) is 17.6. The van der Waals surface area contributed by atoms with Crippen LogP contribution in [-0.2, 0) is 0 Å². The molecule has 0 radical (unpaired) electrons. The van der Waals surface area contributed by atoms with E-state index in [2.05, 4.69) is 48.6 Å². The largest absolute Gasteiger partial charge is 0.507 e. The number of phenols is 1. The van der Waals surface area contributed by atoms with E-state index in [4.69, 9.17) is 0 Å². The van der Waals surface area contributed by atoms with Gasteiger partial charge in [0.2, 0.25) is 0 Å². The zero-order chi connectivity index (χ0) is 12.4. The summed E-state index contributed by atoms with van der Waals surface area (Å²) in [5.41, 5.74) is 2.55. The molecule has 0 amide bonds. The van der Waals surface area contributed by atoms with Gasteiger partial charge in [-0.05, 0) is 64.5 Å². The molecule has 0 atom stereocenters. The van der Waals surface area contributed by atoms with Crippen LogP contribution in [0.2, 0.25) is 0 Å². The Kier molecular flexibility index (Phi) is 4.34. The fraction of sp³-hybridized carbons (Fsp3) is 0.600. The average molecular weight is 344 g/mol. The van der Waals surface area contributed by atoms with E-state index in [1.54, 1.807) is 0 Å². The van der Waals surface area contributed by atoms with E-state index in [-0.39, 0.29) is 0 Å². The van der Waals surface area contributed by atoms with Crippen LogP contribution in [0.4, 0.5) is 0 Å². The second-order valence-electron chi connectivity index (χ2n) is 5.43. The molecule has 0 aromatic heterocycles. The first-order valence-electron chi connectivity index (χ1n) is 6.62. The van der Waals surface area contributed by atoms with Gasteiger partial charge in [0.1, 0.15) is 5.75 Å². The predicted octanol–water partition coefficient (Wildman–Crippen LogP) is 5.17. The molecule has 2 heteroatoms. The number of rotatable bonds is 2. The van der Waals surface area contributed by atoms with Crippen molar-refractivity contribution in [2.45, 2.75) is 57.8 Å². The van der Waals surface area contributed by atoms with Gasteiger partial charge in [-0.15, -0.1) is 0 Å². The summed E-state index contributed by atoms with van der Waals surface area (Å²) in [6, 6.07) is 4.41. The summed E-state index contributed by atoms with van der Waals surface area (Å²) in [6.45, 7) is 4.30. The molecule has 0 spiro atoms. The maximum absolute atomic E-state index is 10.1. The number of benzene rings is 1. The summed E-state index contributed by atoms with van der Waals surface area (Å²) >= 11 is 2.26. The molecule has 0 saturated heterocycles. The Morgan fingerprint density at radius 3 is 2.41 bits per heavy atom. The topological polar surface area (TPSA) is 20.2 Å². The van der Waals surface area contributed by atoms with E-state index in [1.165, 1.54) is 37.7 Å². The first-order valence-corrected chi connectivity index (χ1v) is 7.69. The first kappa shape index (κ1) is 13.2. The molecule has 1 nitrogen and oxygen atoms in total. The van der Waals surface area contributed by atoms with E-state index >= 15 is 0 Å². The minimum absolute atomic E-state index is 0.395. The highest BCUT2D eigenvalue weighted by atomic mass is 127. The van der Waals surface area contributed by atoms with Crippen molar-refractivity contribution in [1.29, 1.82) is 0 Å². The molecule has 1 aliphatic rings. The van der Waals surface area contributed by atoms with Crippen molar-refractivity contribution in [2.24, 2.45) is 0 Å². The van der Waals surface area contributed by atoms with E-state index < -0.39 is 0 Å². The van der Waals surface area contributed by atoms with Gasteiger partial charge < -0.3 is 5.11 Å². The Bertz CT molecular complexity index is 392. The lowest BCUT2D eigenvalue weighted by molar-refractivity contribution is 0.438. The molecular weight excluding hydrogens is 323 g/mol. The van der Waals surface area contributed by atoms with Crippen molar-refractivity contribution in [3.05, 3.63) is 26.8 Å². The number of halogens is 1. The van der Waals surface area contributed by atoms with Crippen molar-refractivity contribution in [2.75, 3.05) is 0 Å².